The highest BCUT2D eigenvalue weighted by atomic mass is 32.2. The number of nitrogens with one attached hydrogen (secondary N) is 3. The second-order valence-electron chi connectivity index (χ2n) is 4.02. The molecular weight excluding hydrogens is 292 g/mol. The molecule has 21 heavy (non-hydrogen) atoms. The number of hydrazone groups is 1. The number of rotatable bonds is 7. The van der Waals surface area contributed by atoms with E-state index in [1.165, 1.54) is 24.3 Å². The molecule has 0 heterocycles. The van der Waals surface area contributed by atoms with Gasteiger partial charge in [-0.1, -0.05) is 6.92 Å². The van der Waals surface area contributed by atoms with Gasteiger partial charge in [0.1, 0.15) is 6.07 Å². The van der Waals surface area contributed by atoms with Gasteiger partial charge in [0.15, 0.2) is 5.84 Å². The zero-order valence-corrected chi connectivity index (χ0v) is 12.2. The molecule has 1 aromatic carbocycles. The molecule has 8 nitrogen and oxygen atoms in total. The van der Waals surface area contributed by atoms with Gasteiger partial charge >= 0.3 is 0 Å². The van der Waals surface area contributed by atoms with E-state index < -0.39 is 15.9 Å². The van der Waals surface area contributed by atoms with Crippen LogP contribution in [0.4, 0.5) is 5.69 Å². The van der Waals surface area contributed by atoms with Crippen LogP contribution in [0, 0.1) is 16.7 Å². The van der Waals surface area contributed by atoms with E-state index in [1.54, 1.807) is 6.07 Å². The molecule has 0 saturated carbocycles. The molecule has 0 bridgehead atoms. The first-order chi connectivity index (χ1) is 9.90. The van der Waals surface area contributed by atoms with E-state index in [0.717, 1.165) is 0 Å². The maximum Gasteiger partial charge on any atom is 0.240 e. The van der Waals surface area contributed by atoms with Crippen molar-refractivity contribution < 1.29 is 8.42 Å². The fraction of sp³-hybridized carbons (Fsp3) is 0.250. The van der Waals surface area contributed by atoms with E-state index in [2.05, 4.69) is 15.2 Å². The fourth-order valence-corrected chi connectivity index (χ4v) is 2.43. The lowest BCUT2D eigenvalue weighted by molar-refractivity contribution is 0.581. The Balaban J connectivity index is 2.84. The van der Waals surface area contributed by atoms with Gasteiger partial charge in [-0.15, -0.1) is 0 Å². The number of hydrogen-bond acceptors (Lipinski definition) is 6. The minimum atomic E-state index is -3.51. The van der Waals surface area contributed by atoms with Gasteiger partial charge in [-0.25, -0.2) is 13.1 Å². The Bertz CT molecular complexity index is 673. The smallest absolute Gasteiger partial charge is 0.240 e. The van der Waals surface area contributed by atoms with Crippen LogP contribution in [0.15, 0.2) is 34.3 Å². The summed E-state index contributed by atoms with van der Waals surface area (Å²) in [5.41, 5.74) is 7.89. The molecule has 0 radical (unpaired) electrons. The molecule has 0 amide bonds. The van der Waals surface area contributed by atoms with Crippen molar-refractivity contribution in [2.24, 2.45) is 10.8 Å². The van der Waals surface area contributed by atoms with E-state index >= 15 is 0 Å². The maximum absolute atomic E-state index is 11.9. The lowest BCUT2D eigenvalue weighted by Gasteiger charge is -2.06. The maximum atomic E-state index is 11.9. The Hall–Kier alpha value is -2.44. The average Bonchev–Trinajstić information content (AvgIpc) is 2.46. The molecular formula is C12H16N6O2S. The van der Waals surface area contributed by atoms with Crippen molar-refractivity contribution in [1.82, 2.24) is 4.72 Å². The van der Waals surface area contributed by atoms with Gasteiger partial charge in [0.2, 0.25) is 15.7 Å². The number of nitriles is 1. The Morgan fingerprint density at radius 1 is 1.43 bits per heavy atom. The second kappa shape index (κ2) is 7.37. The molecule has 0 fully saturated rings. The minimum Gasteiger partial charge on any atom is -0.382 e. The van der Waals surface area contributed by atoms with Crippen LogP contribution in [-0.2, 0) is 10.0 Å². The Morgan fingerprint density at radius 3 is 2.52 bits per heavy atom. The number of sulfonamides is 1. The van der Waals surface area contributed by atoms with Crippen molar-refractivity contribution in [2.75, 3.05) is 12.0 Å². The summed E-state index contributed by atoms with van der Waals surface area (Å²) in [5.74, 6) is -0.451. The quantitative estimate of drug-likeness (QED) is 0.331. The lowest BCUT2D eigenvalue weighted by atomic mass is 10.3. The largest absolute Gasteiger partial charge is 0.382 e. The van der Waals surface area contributed by atoms with Crippen LogP contribution in [0.2, 0.25) is 0 Å². The SMILES string of the molecule is CCCNS(=O)(=O)c1ccc(N/N=C(\C#N)C(=N)N)cc1. The van der Waals surface area contributed by atoms with Crippen LogP contribution >= 0.6 is 0 Å². The number of hydrogen-bond donors (Lipinski definition) is 4. The van der Waals surface area contributed by atoms with Gasteiger partial charge in [-0.3, -0.25) is 10.8 Å². The molecule has 5 N–H and O–H groups in total. The standard InChI is InChI=1S/C12H16N6O2S/c1-2-7-16-21(19,20)10-5-3-9(4-6-10)17-18-11(8-13)12(14)15/h3-6,16-17H,2,7H2,1H3,(H3,14,15)/b18-11+. The van der Waals surface area contributed by atoms with Crippen LogP contribution in [0.5, 0.6) is 0 Å². The van der Waals surface area contributed by atoms with E-state index in [-0.39, 0.29) is 10.6 Å². The normalized spacial score (nSPS) is 11.7. The summed E-state index contributed by atoms with van der Waals surface area (Å²) in [6, 6.07) is 7.49. The van der Waals surface area contributed by atoms with Crippen LogP contribution < -0.4 is 15.9 Å². The third-order valence-corrected chi connectivity index (χ3v) is 3.84. The molecule has 0 aliphatic carbocycles. The molecule has 0 unspecified atom stereocenters. The molecule has 0 aliphatic heterocycles. The first-order valence-electron chi connectivity index (χ1n) is 6.08. The van der Waals surface area contributed by atoms with Crippen molar-refractivity contribution in [2.45, 2.75) is 18.2 Å². The van der Waals surface area contributed by atoms with Crippen molar-refractivity contribution in [1.29, 1.82) is 10.7 Å². The van der Waals surface area contributed by atoms with E-state index in [4.69, 9.17) is 16.4 Å². The van der Waals surface area contributed by atoms with Gasteiger partial charge in [0.05, 0.1) is 10.6 Å². The number of nitrogens with two attached hydrogens (primary N) is 1. The van der Waals surface area contributed by atoms with Crippen molar-refractivity contribution in [3.8, 4) is 6.07 Å². The summed E-state index contributed by atoms with van der Waals surface area (Å²) in [5, 5.41) is 19.4. The predicted octanol–water partition coefficient (Wildman–Crippen LogP) is 0.602. The third kappa shape index (κ3) is 4.87. The Labute approximate surface area is 123 Å². The monoisotopic (exact) mass is 308 g/mol. The van der Waals surface area contributed by atoms with E-state index in [1.807, 2.05) is 6.92 Å². The summed E-state index contributed by atoms with van der Waals surface area (Å²) in [6.45, 7) is 2.24. The Kier molecular flexibility index (Phi) is 5.83. The van der Waals surface area contributed by atoms with Gasteiger partial charge in [0, 0.05) is 6.54 Å². The summed E-state index contributed by atoms with van der Waals surface area (Å²) in [6.07, 6.45) is 0.704. The van der Waals surface area contributed by atoms with E-state index in [9.17, 15) is 8.42 Å². The molecule has 0 aromatic heterocycles. The number of amidine groups is 1. The zero-order valence-electron chi connectivity index (χ0n) is 11.4. The fourth-order valence-electron chi connectivity index (χ4n) is 1.29. The zero-order chi connectivity index (χ0) is 15.9. The molecule has 0 spiro atoms. The Morgan fingerprint density at radius 2 is 2.05 bits per heavy atom. The van der Waals surface area contributed by atoms with Gasteiger partial charge in [-0.2, -0.15) is 10.4 Å². The molecule has 1 aromatic rings. The second-order valence-corrected chi connectivity index (χ2v) is 5.79. The summed E-state index contributed by atoms with van der Waals surface area (Å²) >= 11 is 0. The lowest BCUT2D eigenvalue weighted by Crippen LogP contribution is -2.24. The molecule has 112 valence electrons. The van der Waals surface area contributed by atoms with Crippen molar-refractivity contribution in [3.63, 3.8) is 0 Å². The van der Waals surface area contributed by atoms with Crippen molar-refractivity contribution in [3.05, 3.63) is 24.3 Å². The van der Waals surface area contributed by atoms with Crippen LogP contribution in [0.3, 0.4) is 0 Å². The third-order valence-electron chi connectivity index (χ3n) is 2.36. The molecule has 9 heteroatoms. The topological polar surface area (TPSA) is 144 Å². The number of anilines is 1. The first-order valence-corrected chi connectivity index (χ1v) is 7.57. The van der Waals surface area contributed by atoms with Crippen LogP contribution in [0.25, 0.3) is 0 Å². The highest BCUT2D eigenvalue weighted by Gasteiger charge is 2.12. The minimum absolute atomic E-state index is 0.137. The summed E-state index contributed by atoms with van der Waals surface area (Å²) in [4.78, 5) is 0.137. The summed E-state index contributed by atoms with van der Waals surface area (Å²) in [7, 11) is -3.51. The van der Waals surface area contributed by atoms with Gasteiger partial charge in [0.25, 0.3) is 0 Å². The van der Waals surface area contributed by atoms with E-state index in [0.29, 0.717) is 18.7 Å². The molecule has 0 atom stereocenters. The molecule has 0 saturated heterocycles. The predicted molar refractivity (Wildman–Crippen MR) is 80.5 cm³/mol. The number of nitrogens with zero attached hydrogens (tertiary/aromatic N) is 2. The highest BCUT2D eigenvalue weighted by Crippen LogP contribution is 2.13. The number of benzene rings is 1. The van der Waals surface area contributed by atoms with Crippen molar-refractivity contribution >= 4 is 27.3 Å². The van der Waals surface area contributed by atoms with Crippen LogP contribution in [-0.4, -0.2) is 26.5 Å². The first kappa shape index (κ1) is 16.6. The highest BCUT2D eigenvalue weighted by molar-refractivity contribution is 7.89. The average molecular weight is 308 g/mol. The molecule has 1 rings (SSSR count). The van der Waals surface area contributed by atoms with Gasteiger partial charge in [-0.05, 0) is 30.7 Å². The van der Waals surface area contributed by atoms with Crippen LogP contribution in [0.1, 0.15) is 13.3 Å². The van der Waals surface area contributed by atoms with Gasteiger partial charge < -0.3 is 5.73 Å². The summed E-state index contributed by atoms with van der Waals surface area (Å²) < 4.78 is 26.2. The molecule has 0 aliphatic rings.